The molecular formula is C17H22N4O. The summed E-state index contributed by atoms with van der Waals surface area (Å²) in [5.74, 6) is 1.08. The van der Waals surface area contributed by atoms with Gasteiger partial charge in [0.25, 0.3) is 0 Å². The minimum atomic E-state index is -0.207. The van der Waals surface area contributed by atoms with Crippen LogP contribution >= 0.6 is 0 Å². The van der Waals surface area contributed by atoms with Crippen molar-refractivity contribution in [3.8, 4) is 0 Å². The molecule has 0 bridgehead atoms. The highest BCUT2D eigenvalue weighted by atomic mass is 16.2. The number of aromatic nitrogens is 3. The van der Waals surface area contributed by atoms with Gasteiger partial charge in [-0.3, -0.25) is 4.79 Å². The van der Waals surface area contributed by atoms with Crippen LogP contribution in [0.2, 0.25) is 0 Å². The molecule has 0 unspecified atom stereocenters. The predicted octanol–water partition coefficient (Wildman–Crippen LogP) is 1.89. The zero-order chi connectivity index (χ0) is 15.4. The molecule has 0 saturated heterocycles. The number of aryl methyl sites for hydroxylation is 1. The first kappa shape index (κ1) is 14.8. The van der Waals surface area contributed by atoms with Crippen molar-refractivity contribution in [2.45, 2.75) is 32.1 Å². The molecule has 1 N–H and O–H groups in total. The summed E-state index contributed by atoms with van der Waals surface area (Å²) in [6.07, 6.45) is 6.34. The third kappa shape index (κ3) is 3.03. The smallest absolute Gasteiger partial charge is 0.226 e. The van der Waals surface area contributed by atoms with Gasteiger partial charge in [-0.1, -0.05) is 36.8 Å². The second kappa shape index (κ2) is 6.30. The Hall–Kier alpha value is -2.17. The summed E-state index contributed by atoms with van der Waals surface area (Å²) in [5.41, 5.74) is 1.03. The molecule has 1 aliphatic carbocycles. The van der Waals surface area contributed by atoms with Gasteiger partial charge in [0, 0.05) is 20.0 Å². The van der Waals surface area contributed by atoms with Gasteiger partial charge in [-0.2, -0.15) is 0 Å². The molecule has 0 aliphatic heterocycles. The van der Waals surface area contributed by atoms with Gasteiger partial charge >= 0.3 is 0 Å². The van der Waals surface area contributed by atoms with E-state index in [0.717, 1.165) is 31.5 Å². The Morgan fingerprint density at radius 3 is 2.68 bits per heavy atom. The summed E-state index contributed by atoms with van der Waals surface area (Å²) >= 11 is 0. The summed E-state index contributed by atoms with van der Waals surface area (Å²) in [4.78, 5) is 12.6. The highest BCUT2D eigenvalue weighted by Crippen LogP contribution is 2.43. The van der Waals surface area contributed by atoms with Gasteiger partial charge in [-0.05, 0) is 24.8 Å². The highest BCUT2D eigenvalue weighted by Gasteiger charge is 2.43. The van der Waals surface area contributed by atoms with E-state index in [9.17, 15) is 4.79 Å². The first-order chi connectivity index (χ1) is 10.7. The monoisotopic (exact) mass is 298 g/mol. The van der Waals surface area contributed by atoms with Crippen LogP contribution in [0.4, 0.5) is 0 Å². The van der Waals surface area contributed by atoms with Crippen molar-refractivity contribution in [1.82, 2.24) is 20.1 Å². The van der Waals surface area contributed by atoms with Crippen LogP contribution in [0.25, 0.3) is 0 Å². The lowest BCUT2D eigenvalue weighted by Crippen LogP contribution is -2.47. The van der Waals surface area contributed by atoms with E-state index in [2.05, 4.69) is 27.6 Å². The van der Waals surface area contributed by atoms with Crippen molar-refractivity contribution >= 4 is 5.91 Å². The number of carbonyl (C=O) groups excluding carboxylic acids is 1. The van der Waals surface area contributed by atoms with Gasteiger partial charge in [0.05, 0.1) is 5.41 Å². The molecule has 1 heterocycles. The molecule has 1 saturated carbocycles. The van der Waals surface area contributed by atoms with E-state index in [1.807, 2.05) is 29.8 Å². The Bertz CT molecular complexity index is 631. The van der Waals surface area contributed by atoms with Gasteiger partial charge in [0.1, 0.15) is 12.2 Å². The quantitative estimate of drug-likeness (QED) is 0.886. The predicted molar refractivity (Wildman–Crippen MR) is 84.1 cm³/mol. The lowest BCUT2D eigenvalue weighted by Gasteiger charge is -2.40. The van der Waals surface area contributed by atoms with E-state index < -0.39 is 0 Å². The molecule has 1 aromatic heterocycles. The normalized spacial score (nSPS) is 16.0. The molecule has 5 heteroatoms. The zero-order valence-corrected chi connectivity index (χ0v) is 13.0. The molecular weight excluding hydrogens is 276 g/mol. The third-order valence-electron chi connectivity index (χ3n) is 4.62. The summed E-state index contributed by atoms with van der Waals surface area (Å²) in [7, 11) is 1.92. The summed E-state index contributed by atoms with van der Waals surface area (Å²) in [5, 5.41) is 11.0. The van der Waals surface area contributed by atoms with E-state index in [1.54, 1.807) is 6.33 Å². The van der Waals surface area contributed by atoms with Crippen LogP contribution in [0.3, 0.4) is 0 Å². The Labute approximate surface area is 130 Å². The Morgan fingerprint density at radius 1 is 1.32 bits per heavy atom. The Morgan fingerprint density at radius 2 is 2.09 bits per heavy atom. The highest BCUT2D eigenvalue weighted by molar-refractivity contribution is 5.83. The fraction of sp³-hybridized carbons (Fsp3) is 0.471. The van der Waals surface area contributed by atoms with E-state index in [-0.39, 0.29) is 11.3 Å². The molecule has 1 fully saturated rings. The summed E-state index contributed by atoms with van der Waals surface area (Å²) < 4.78 is 1.88. The largest absolute Gasteiger partial charge is 0.355 e. The fourth-order valence-corrected chi connectivity index (χ4v) is 3.08. The second-order valence-corrected chi connectivity index (χ2v) is 6.16. The molecule has 2 aromatic rings. The van der Waals surface area contributed by atoms with Crippen molar-refractivity contribution in [2.75, 3.05) is 6.54 Å². The lowest BCUT2D eigenvalue weighted by molar-refractivity contribution is -0.135. The maximum atomic E-state index is 12.6. The molecule has 1 aliphatic rings. The fourth-order valence-electron chi connectivity index (χ4n) is 3.08. The standard InChI is InChI=1S/C17H22N4O/c1-21-13-19-20-15(21)8-11-18-16(22)17(9-5-10-17)12-14-6-3-2-4-7-14/h2-4,6-7,13H,5,8-12H2,1H3,(H,18,22). The van der Waals surface area contributed by atoms with Gasteiger partial charge in [0.2, 0.25) is 5.91 Å². The summed E-state index contributed by atoms with van der Waals surface area (Å²) in [6, 6.07) is 10.3. The van der Waals surface area contributed by atoms with Crippen LogP contribution in [-0.2, 0) is 24.7 Å². The minimum absolute atomic E-state index is 0.185. The van der Waals surface area contributed by atoms with Crippen molar-refractivity contribution in [3.05, 3.63) is 48.0 Å². The van der Waals surface area contributed by atoms with Gasteiger partial charge < -0.3 is 9.88 Å². The van der Waals surface area contributed by atoms with Gasteiger partial charge in [0.15, 0.2) is 0 Å². The van der Waals surface area contributed by atoms with Crippen molar-refractivity contribution < 1.29 is 4.79 Å². The maximum Gasteiger partial charge on any atom is 0.226 e. The Balaban J connectivity index is 1.56. The first-order valence-corrected chi connectivity index (χ1v) is 7.85. The minimum Gasteiger partial charge on any atom is -0.355 e. The molecule has 0 spiro atoms. The molecule has 22 heavy (non-hydrogen) atoms. The maximum absolute atomic E-state index is 12.6. The van der Waals surface area contributed by atoms with Crippen LogP contribution in [0.15, 0.2) is 36.7 Å². The summed E-state index contributed by atoms with van der Waals surface area (Å²) in [6.45, 7) is 0.613. The number of benzene rings is 1. The number of rotatable bonds is 6. The average Bonchev–Trinajstić information content (AvgIpc) is 2.89. The molecule has 0 atom stereocenters. The second-order valence-electron chi connectivity index (χ2n) is 6.16. The van der Waals surface area contributed by atoms with E-state index in [4.69, 9.17) is 0 Å². The molecule has 3 rings (SSSR count). The van der Waals surface area contributed by atoms with Crippen LogP contribution in [0.1, 0.15) is 30.7 Å². The van der Waals surface area contributed by atoms with E-state index >= 15 is 0 Å². The van der Waals surface area contributed by atoms with Crippen molar-refractivity contribution in [3.63, 3.8) is 0 Å². The van der Waals surface area contributed by atoms with E-state index in [0.29, 0.717) is 13.0 Å². The topological polar surface area (TPSA) is 59.8 Å². The molecule has 5 nitrogen and oxygen atoms in total. The molecule has 1 aromatic carbocycles. The number of amides is 1. The third-order valence-corrected chi connectivity index (χ3v) is 4.62. The number of hydrogen-bond acceptors (Lipinski definition) is 3. The van der Waals surface area contributed by atoms with Gasteiger partial charge in [-0.25, -0.2) is 0 Å². The number of hydrogen-bond donors (Lipinski definition) is 1. The average molecular weight is 298 g/mol. The van der Waals surface area contributed by atoms with E-state index in [1.165, 1.54) is 5.56 Å². The Kier molecular flexibility index (Phi) is 4.22. The van der Waals surface area contributed by atoms with Crippen molar-refractivity contribution in [1.29, 1.82) is 0 Å². The van der Waals surface area contributed by atoms with Crippen LogP contribution < -0.4 is 5.32 Å². The first-order valence-electron chi connectivity index (χ1n) is 7.85. The molecule has 116 valence electrons. The SMILES string of the molecule is Cn1cnnc1CCNC(=O)C1(Cc2ccccc2)CCC1. The molecule has 1 amide bonds. The lowest BCUT2D eigenvalue weighted by atomic mass is 9.64. The van der Waals surface area contributed by atoms with Crippen LogP contribution in [0.5, 0.6) is 0 Å². The number of nitrogens with zero attached hydrogens (tertiary/aromatic N) is 3. The zero-order valence-electron chi connectivity index (χ0n) is 13.0. The van der Waals surface area contributed by atoms with Gasteiger partial charge in [-0.15, -0.1) is 10.2 Å². The number of carbonyl (C=O) groups is 1. The van der Waals surface area contributed by atoms with Crippen LogP contribution in [-0.4, -0.2) is 27.2 Å². The van der Waals surface area contributed by atoms with Crippen molar-refractivity contribution in [2.24, 2.45) is 12.5 Å². The van der Waals surface area contributed by atoms with Crippen LogP contribution in [0, 0.1) is 5.41 Å². The number of nitrogens with one attached hydrogen (secondary N) is 1. The molecule has 0 radical (unpaired) electrons.